The van der Waals surface area contributed by atoms with E-state index >= 15 is 0 Å². The van der Waals surface area contributed by atoms with Crippen LogP contribution < -0.4 is 0 Å². The Labute approximate surface area is 200 Å². The van der Waals surface area contributed by atoms with Gasteiger partial charge in [0.15, 0.2) is 0 Å². The van der Waals surface area contributed by atoms with Gasteiger partial charge in [0.05, 0.1) is 0 Å². The first kappa shape index (κ1) is 36.7. The summed E-state index contributed by atoms with van der Waals surface area (Å²) in [5.41, 5.74) is 0. The summed E-state index contributed by atoms with van der Waals surface area (Å²) < 4.78 is 276. The fraction of sp³-hybridized carbons (Fsp3) is 1.00. The van der Waals surface area contributed by atoms with Crippen molar-refractivity contribution in [1.29, 1.82) is 0 Å². The molecule has 0 unspecified atom stereocenters. The normalized spacial score (nSPS) is 17.2. The van der Waals surface area contributed by atoms with Gasteiger partial charge in [-0.15, -0.1) is 0 Å². The number of ether oxygens (including phenoxy) is 1. The monoisotopic (exact) mass is 846 g/mol. The first-order chi connectivity index (χ1) is 15.5. The Morgan fingerprint density at radius 3 is 0.622 bits per heavy atom. The predicted octanol–water partition coefficient (Wildman–Crippen LogP) is 9.74. The molecule has 0 heterocycles. The van der Waals surface area contributed by atoms with E-state index in [-0.39, 0.29) is 0 Å². The molecule has 37 heavy (non-hydrogen) atoms. The third kappa shape index (κ3) is 5.80. The number of hydrogen-bond acceptors (Lipinski definition) is 1. The maximum atomic E-state index is 13.4. The second-order valence-electron chi connectivity index (χ2n) is 5.75. The van der Waals surface area contributed by atoms with Crippen molar-refractivity contribution < 1.29 is 107 Å². The number of hydrogen-bond donors (Lipinski definition) is 0. The summed E-state index contributed by atoms with van der Waals surface area (Å²) in [5, 5.41) is 0. The van der Waals surface area contributed by atoms with Gasteiger partial charge in [-0.25, -0.2) is 0 Å². The van der Waals surface area contributed by atoms with E-state index < -0.39 is 92.9 Å². The van der Waals surface area contributed by atoms with Crippen molar-refractivity contribution in [3.63, 3.8) is 0 Å². The molecule has 0 amide bonds. The zero-order valence-electron chi connectivity index (χ0n) is 15.2. The van der Waals surface area contributed by atoms with Gasteiger partial charge in [-0.2, -0.15) is 0 Å². The van der Waals surface area contributed by atoms with E-state index in [1.54, 1.807) is 0 Å². The Morgan fingerprint density at radius 2 is 0.486 bits per heavy atom. The summed E-state index contributed by atoms with van der Waals surface area (Å²) in [6.07, 6.45) is -48.3. The summed E-state index contributed by atoms with van der Waals surface area (Å²) in [7, 11) is 0. The zero-order valence-corrected chi connectivity index (χ0v) is 19.6. The van der Waals surface area contributed by atoms with E-state index in [1.165, 1.54) is 0 Å². The standard InChI is InChI=1S/C10F24I2O/c11-1(3(13,14)15,4(16,17)18)35(33)7(25,26)9(29,30)37-10(31,32)8(27,28)36(34)2(12,5(19,20)21)6(22,23)24. The Morgan fingerprint density at radius 1 is 0.324 bits per heavy atom. The third-order valence-corrected chi connectivity index (χ3v) is 11.9. The van der Waals surface area contributed by atoms with Crippen molar-refractivity contribution in [1.82, 2.24) is 0 Å². The van der Waals surface area contributed by atoms with Gasteiger partial charge in [0.2, 0.25) is 0 Å². The summed E-state index contributed by atoms with van der Waals surface area (Å²) in [6, 6.07) is 0. The second kappa shape index (κ2) is 9.68. The van der Waals surface area contributed by atoms with Crippen LogP contribution in [0.3, 0.4) is 0 Å². The minimum atomic E-state index is -9.23. The Bertz CT molecular complexity index is 708. The molecule has 0 spiro atoms. The SMILES string of the molecule is FI(C(F)(F)C(F)(F)OC(F)(F)C(F)(F)I(F)C(F)(C(F)(F)F)C(F)(F)F)C(F)(C(F)(F)F)C(F)(F)F. The molecule has 0 fully saturated rings. The van der Waals surface area contributed by atoms with Gasteiger partial charge in [0, 0.05) is 0 Å². The molecule has 0 aliphatic rings. The van der Waals surface area contributed by atoms with E-state index in [9.17, 15) is 102 Å². The van der Waals surface area contributed by atoms with Crippen LogP contribution in [0.4, 0.5) is 102 Å². The van der Waals surface area contributed by atoms with E-state index in [4.69, 9.17) is 0 Å². The Hall–Kier alpha value is -0.260. The Balaban J connectivity index is 6.76. The van der Waals surface area contributed by atoms with Gasteiger partial charge in [-0.05, 0) is 0 Å². The predicted molar refractivity (Wildman–Crippen MR) is 83.0 cm³/mol. The van der Waals surface area contributed by atoms with Crippen LogP contribution in [0.1, 0.15) is 0 Å². The van der Waals surface area contributed by atoms with Crippen molar-refractivity contribution in [3.8, 4) is 0 Å². The van der Waals surface area contributed by atoms with Crippen LogP contribution in [0.15, 0.2) is 0 Å². The van der Waals surface area contributed by atoms with Crippen LogP contribution in [-0.2, 0) is 4.74 Å². The molecular formula is C10F24I2O. The second-order valence-corrected chi connectivity index (χ2v) is 14.1. The number of alkyl halides is 26. The van der Waals surface area contributed by atoms with Crippen molar-refractivity contribution in [3.05, 3.63) is 0 Å². The molecule has 0 N–H and O–H groups in total. The minimum absolute atomic E-state index is 1.07. The molecule has 0 bridgehead atoms. The van der Waals surface area contributed by atoms with Gasteiger partial charge in [-0.3, -0.25) is 0 Å². The summed E-state index contributed by atoms with van der Waals surface area (Å²) in [5.74, 6) is 0. The average Bonchev–Trinajstić information content (AvgIpc) is 2.60. The van der Waals surface area contributed by atoms with E-state index in [2.05, 4.69) is 0 Å². The van der Waals surface area contributed by atoms with Crippen molar-refractivity contribution in [2.24, 2.45) is 0 Å². The van der Waals surface area contributed by atoms with Gasteiger partial charge in [0.25, 0.3) is 0 Å². The molecule has 1 nitrogen and oxygen atoms in total. The van der Waals surface area contributed by atoms with Crippen LogP contribution in [0.25, 0.3) is 0 Å². The van der Waals surface area contributed by atoms with Gasteiger partial charge in [-0.1, -0.05) is 0 Å². The zero-order chi connectivity index (χ0) is 30.9. The average molecular weight is 846 g/mol. The topological polar surface area (TPSA) is 9.23 Å². The fourth-order valence-corrected chi connectivity index (χ4v) is 6.83. The molecule has 27 heteroatoms. The molecule has 0 aromatic heterocycles. The summed E-state index contributed by atoms with van der Waals surface area (Å²) in [4.78, 5) is 0. The third-order valence-electron chi connectivity index (χ3n) is 3.21. The van der Waals surface area contributed by atoms with Crippen molar-refractivity contribution in [2.45, 2.75) is 52.1 Å². The maximum absolute atomic E-state index is 13.4. The van der Waals surface area contributed by atoms with Crippen molar-refractivity contribution in [2.75, 3.05) is 0 Å². The molecule has 0 saturated heterocycles. The van der Waals surface area contributed by atoms with Crippen LogP contribution >= 0.6 is 40.8 Å². The van der Waals surface area contributed by atoms with Crippen LogP contribution in [0.5, 0.6) is 0 Å². The molecule has 0 aliphatic heterocycles. The van der Waals surface area contributed by atoms with Crippen LogP contribution in [0, 0.1) is 0 Å². The van der Waals surface area contributed by atoms with E-state index in [0.29, 0.717) is 0 Å². The summed E-state index contributed by atoms with van der Waals surface area (Å²) >= 11 is -18.5. The van der Waals surface area contributed by atoms with Gasteiger partial charge < -0.3 is 0 Å². The van der Waals surface area contributed by atoms with Gasteiger partial charge in [0.1, 0.15) is 0 Å². The molecule has 0 rings (SSSR count). The molecule has 0 saturated carbocycles. The summed E-state index contributed by atoms with van der Waals surface area (Å²) in [6.45, 7) is 0. The van der Waals surface area contributed by atoms with E-state index in [0.717, 1.165) is 4.74 Å². The first-order valence-electron chi connectivity index (χ1n) is 7.11. The molecule has 0 aliphatic carbocycles. The van der Waals surface area contributed by atoms with Crippen LogP contribution in [0.2, 0.25) is 0 Å². The molecule has 0 radical (unpaired) electrons. The number of rotatable bonds is 8. The fourth-order valence-electron chi connectivity index (χ4n) is 1.49. The molecule has 0 aromatic rings. The molecule has 0 aromatic carbocycles. The van der Waals surface area contributed by atoms with Crippen molar-refractivity contribution >= 4 is 40.8 Å². The van der Waals surface area contributed by atoms with Gasteiger partial charge >= 0.3 is 200 Å². The number of halogens is 26. The quantitative estimate of drug-likeness (QED) is 0.134. The first-order valence-corrected chi connectivity index (χ1v) is 13.1. The molecule has 0 atom stereocenters. The molecule has 228 valence electrons. The van der Waals surface area contributed by atoms with E-state index in [1.807, 2.05) is 0 Å². The Kier molecular flexibility index (Phi) is 9.62. The van der Waals surface area contributed by atoms with Crippen LogP contribution in [-0.4, -0.2) is 52.1 Å². The molecular weight excluding hydrogens is 846 g/mol.